The van der Waals surface area contributed by atoms with Gasteiger partial charge in [-0.1, -0.05) is 12.1 Å². The Morgan fingerprint density at radius 2 is 2.33 bits per heavy atom. The molecule has 0 saturated carbocycles. The fourth-order valence-electron chi connectivity index (χ4n) is 2.56. The van der Waals surface area contributed by atoms with Crippen LogP contribution in [0.4, 0.5) is 0 Å². The number of aromatic nitrogens is 3. The number of thioether (sulfide) groups is 1. The lowest BCUT2D eigenvalue weighted by Gasteiger charge is -2.31. The lowest BCUT2D eigenvalue weighted by molar-refractivity contribution is 0.168. The van der Waals surface area contributed by atoms with E-state index in [9.17, 15) is 0 Å². The second kappa shape index (κ2) is 6.49. The van der Waals surface area contributed by atoms with Gasteiger partial charge in [0, 0.05) is 23.6 Å². The van der Waals surface area contributed by atoms with Crippen molar-refractivity contribution in [1.82, 2.24) is 20.1 Å². The summed E-state index contributed by atoms with van der Waals surface area (Å²) in [4.78, 5) is 5.59. The number of para-hydroxylation sites is 1. The number of nitrogens with zero attached hydrogens (tertiary/aromatic N) is 3. The summed E-state index contributed by atoms with van der Waals surface area (Å²) >= 11 is 1.86. The average molecular weight is 304 g/mol. The zero-order valence-corrected chi connectivity index (χ0v) is 13.1. The molecule has 21 heavy (non-hydrogen) atoms. The molecule has 1 N–H and O–H groups in total. The third-order valence-electron chi connectivity index (χ3n) is 3.75. The first-order valence-corrected chi connectivity index (χ1v) is 8.22. The molecule has 1 aliphatic rings. The van der Waals surface area contributed by atoms with E-state index in [0.717, 1.165) is 30.3 Å². The van der Waals surface area contributed by atoms with E-state index in [2.05, 4.69) is 34.5 Å². The van der Waals surface area contributed by atoms with Crippen molar-refractivity contribution in [2.24, 2.45) is 0 Å². The van der Waals surface area contributed by atoms with Crippen molar-refractivity contribution in [2.45, 2.75) is 36.9 Å². The average Bonchev–Trinajstić information content (AvgIpc) is 2.99. The van der Waals surface area contributed by atoms with Gasteiger partial charge in [0.1, 0.15) is 24.0 Å². The Hall–Kier alpha value is -1.53. The molecule has 2 atom stereocenters. The monoisotopic (exact) mass is 304 g/mol. The molecule has 1 aromatic heterocycles. The van der Waals surface area contributed by atoms with Crippen molar-refractivity contribution >= 4 is 11.8 Å². The molecule has 0 bridgehead atoms. The second-order valence-corrected chi connectivity index (χ2v) is 6.07. The molecule has 1 aromatic carbocycles. The molecule has 1 aliphatic heterocycles. The minimum Gasteiger partial charge on any atom is -0.487 e. The largest absolute Gasteiger partial charge is 0.487 e. The lowest BCUT2D eigenvalue weighted by Crippen LogP contribution is -2.46. The topological polar surface area (TPSA) is 52.0 Å². The number of fused-ring (bicyclic) bond motifs is 1. The third-order valence-corrected chi connectivity index (χ3v) is 4.89. The van der Waals surface area contributed by atoms with Gasteiger partial charge in [-0.15, -0.1) is 11.8 Å². The van der Waals surface area contributed by atoms with E-state index in [1.54, 1.807) is 6.33 Å². The summed E-state index contributed by atoms with van der Waals surface area (Å²) in [5, 5.41) is 7.61. The van der Waals surface area contributed by atoms with Crippen LogP contribution in [0.15, 0.2) is 35.5 Å². The van der Waals surface area contributed by atoms with Crippen LogP contribution in [0.3, 0.4) is 0 Å². The summed E-state index contributed by atoms with van der Waals surface area (Å²) in [5.74, 6) is 2.93. The molecule has 112 valence electrons. The predicted molar refractivity (Wildman–Crippen MR) is 83.8 cm³/mol. The Kier molecular flexibility index (Phi) is 4.45. The summed E-state index contributed by atoms with van der Waals surface area (Å²) < 4.78 is 8.11. The molecule has 0 amide bonds. The quantitative estimate of drug-likeness (QED) is 0.915. The number of rotatable bonds is 5. The number of nitrogens with one attached hydrogen (secondary N) is 1. The molecule has 2 aromatic rings. The molecule has 3 rings (SSSR count). The van der Waals surface area contributed by atoms with E-state index in [0.29, 0.717) is 0 Å². The molecule has 6 heteroatoms. The minimum absolute atomic E-state index is 0.136. The van der Waals surface area contributed by atoms with Crippen LogP contribution in [0, 0.1) is 0 Å². The number of aryl methyl sites for hydroxylation is 1. The number of benzene rings is 1. The number of likely N-dealkylation sites (N-methyl/N-ethyl adjacent to an activating group) is 1. The lowest BCUT2D eigenvalue weighted by atomic mass is 10.1. The van der Waals surface area contributed by atoms with Gasteiger partial charge >= 0.3 is 0 Å². The standard InChI is InChI=1S/C15H20N4OS/c1-3-19-15(17-10-18-19)8-11(16-2)13-9-21-14-7-5-4-6-12(14)20-13/h4-7,10-11,13,16H,3,8-9H2,1-2H3. The number of ether oxygens (including phenoxy) is 1. The Morgan fingerprint density at radius 1 is 1.48 bits per heavy atom. The fourth-order valence-corrected chi connectivity index (χ4v) is 3.64. The van der Waals surface area contributed by atoms with Gasteiger partial charge in [-0.05, 0) is 26.1 Å². The van der Waals surface area contributed by atoms with E-state index in [1.165, 1.54) is 4.90 Å². The van der Waals surface area contributed by atoms with Gasteiger partial charge in [-0.2, -0.15) is 5.10 Å². The number of hydrogen-bond acceptors (Lipinski definition) is 5. The first kappa shape index (κ1) is 14.4. The molecule has 2 unspecified atom stereocenters. The van der Waals surface area contributed by atoms with Gasteiger partial charge in [-0.3, -0.25) is 4.68 Å². The molecule has 5 nitrogen and oxygen atoms in total. The smallest absolute Gasteiger partial charge is 0.138 e. The molecule has 0 radical (unpaired) electrons. The highest BCUT2D eigenvalue weighted by Gasteiger charge is 2.28. The van der Waals surface area contributed by atoms with Crippen LogP contribution in [0.2, 0.25) is 0 Å². The fraction of sp³-hybridized carbons (Fsp3) is 0.467. The van der Waals surface area contributed by atoms with E-state index >= 15 is 0 Å². The zero-order chi connectivity index (χ0) is 14.7. The van der Waals surface area contributed by atoms with Crippen molar-refractivity contribution in [3.8, 4) is 5.75 Å². The Morgan fingerprint density at radius 3 is 3.14 bits per heavy atom. The van der Waals surface area contributed by atoms with Crippen molar-refractivity contribution in [3.05, 3.63) is 36.4 Å². The summed E-state index contributed by atoms with van der Waals surface area (Å²) in [6.07, 6.45) is 2.58. The number of hydrogen-bond donors (Lipinski definition) is 1. The van der Waals surface area contributed by atoms with Gasteiger partial charge in [0.2, 0.25) is 0 Å². The first-order chi connectivity index (χ1) is 10.3. The van der Waals surface area contributed by atoms with Crippen LogP contribution >= 0.6 is 11.8 Å². The van der Waals surface area contributed by atoms with Gasteiger partial charge in [0.15, 0.2) is 0 Å². The molecule has 0 aliphatic carbocycles. The van der Waals surface area contributed by atoms with Crippen LogP contribution in [0.1, 0.15) is 12.7 Å². The zero-order valence-electron chi connectivity index (χ0n) is 12.3. The highest BCUT2D eigenvalue weighted by atomic mass is 32.2. The van der Waals surface area contributed by atoms with Crippen molar-refractivity contribution in [1.29, 1.82) is 0 Å². The first-order valence-electron chi connectivity index (χ1n) is 7.24. The summed E-state index contributed by atoms with van der Waals surface area (Å²) in [5.41, 5.74) is 0. The van der Waals surface area contributed by atoms with Crippen LogP contribution in [-0.4, -0.2) is 39.7 Å². The summed E-state index contributed by atoms with van der Waals surface area (Å²) in [7, 11) is 1.98. The molecule has 0 fully saturated rings. The van der Waals surface area contributed by atoms with Crippen LogP contribution in [-0.2, 0) is 13.0 Å². The van der Waals surface area contributed by atoms with E-state index < -0.39 is 0 Å². The highest BCUT2D eigenvalue weighted by Crippen LogP contribution is 2.35. The summed E-state index contributed by atoms with van der Waals surface area (Å²) in [6.45, 7) is 2.92. The normalized spacial score (nSPS) is 18.9. The maximum atomic E-state index is 6.17. The van der Waals surface area contributed by atoms with Crippen molar-refractivity contribution in [2.75, 3.05) is 12.8 Å². The Bertz CT molecular complexity index is 601. The van der Waals surface area contributed by atoms with Crippen LogP contribution in [0.5, 0.6) is 5.75 Å². The van der Waals surface area contributed by atoms with Gasteiger partial charge < -0.3 is 10.1 Å². The Labute approximate surface area is 129 Å². The molecule has 0 saturated heterocycles. The van der Waals surface area contributed by atoms with Crippen LogP contribution in [0.25, 0.3) is 0 Å². The van der Waals surface area contributed by atoms with Crippen molar-refractivity contribution < 1.29 is 4.74 Å². The molecular formula is C15H20N4OS. The predicted octanol–water partition coefficient (Wildman–Crippen LogP) is 1.98. The highest BCUT2D eigenvalue weighted by molar-refractivity contribution is 7.99. The van der Waals surface area contributed by atoms with Gasteiger partial charge in [0.05, 0.1) is 6.04 Å². The van der Waals surface area contributed by atoms with Crippen molar-refractivity contribution in [3.63, 3.8) is 0 Å². The molecule has 0 spiro atoms. The maximum absolute atomic E-state index is 6.17. The SMILES string of the molecule is CCn1ncnc1CC(NC)C1CSc2ccccc2O1. The van der Waals surface area contributed by atoms with E-state index in [1.807, 2.05) is 35.6 Å². The minimum atomic E-state index is 0.136. The molecular weight excluding hydrogens is 284 g/mol. The van der Waals surface area contributed by atoms with Gasteiger partial charge in [-0.25, -0.2) is 4.98 Å². The van der Waals surface area contributed by atoms with E-state index in [-0.39, 0.29) is 12.1 Å². The summed E-state index contributed by atoms with van der Waals surface area (Å²) in [6, 6.07) is 8.44. The maximum Gasteiger partial charge on any atom is 0.138 e. The van der Waals surface area contributed by atoms with Gasteiger partial charge in [0.25, 0.3) is 0 Å². The third kappa shape index (κ3) is 3.06. The van der Waals surface area contributed by atoms with Crippen LogP contribution < -0.4 is 10.1 Å². The second-order valence-electron chi connectivity index (χ2n) is 5.01. The Balaban J connectivity index is 1.73. The van der Waals surface area contributed by atoms with E-state index in [4.69, 9.17) is 4.74 Å². The molecule has 2 heterocycles.